The second-order valence-corrected chi connectivity index (χ2v) is 9.52. The fourth-order valence-electron chi connectivity index (χ4n) is 3.68. The normalized spacial score (nSPS) is 22.6. The van der Waals surface area contributed by atoms with Crippen LogP contribution in [-0.4, -0.2) is 68.7 Å². The van der Waals surface area contributed by atoms with Crippen LogP contribution in [-0.2, 0) is 22.9 Å². The number of fused-ring (bicyclic) bond motifs is 1. The van der Waals surface area contributed by atoms with Crippen molar-refractivity contribution in [2.45, 2.75) is 31.0 Å². The molecule has 1 aliphatic rings. The SMILES string of the molecule is C=CCOP(=O)(OCCC#N)OC1C(CO)OC(n2cnc3c(NC(=O)c4ccccc4)ncnc32)C1F. The summed E-state index contributed by atoms with van der Waals surface area (Å²) in [6, 6.07) is 10.3. The summed E-state index contributed by atoms with van der Waals surface area (Å²) < 4.78 is 51.4. The van der Waals surface area contributed by atoms with Gasteiger partial charge in [0.05, 0.1) is 38.6 Å². The van der Waals surface area contributed by atoms with Gasteiger partial charge in [-0.3, -0.25) is 22.9 Å². The summed E-state index contributed by atoms with van der Waals surface area (Å²) in [7, 11) is -4.36. The number of nitrogens with one attached hydrogen (secondary N) is 1. The average Bonchev–Trinajstić information content (AvgIpc) is 3.49. The zero-order valence-electron chi connectivity index (χ0n) is 19.9. The summed E-state index contributed by atoms with van der Waals surface area (Å²) in [5, 5.41) is 21.2. The fraction of sp³-hybridized carbons (Fsp3) is 0.348. The number of anilines is 1. The van der Waals surface area contributed by atoms with Gasteiger partial charge in [0.1, 0.15) is 18.5 Å². The van der Waals surface area contributed by atoms with Gasteiger partial charge in [0.25, 0.3) is 5.91 Å². The maximum Gasteiger partial charge on any atom is 0.475 e. The number of ether oxygens (including phenoxy) is 1. The van der Waals surface area contributed by atoms with Gasteiger partial charge in [-0.2, -0.15) is 5.26 Å². The number of imidazole rings is 1. The highest BCUT2D eigenvalue weighted by Gasteiger charge is 2.51. The summed E-state index contributed by atoms with van der Waals surface area (Å²) in [6.07, 6.45) is -2.63. The number of halogens is 1. The van der Waals surface area contributed by atoms with E-state index in [0.29, 0.717) is 5.56 Å². The van der Waals surface area contributed by atoms with Gasteiger partial charge in [-0.25, -0.2) is 23.9 Å². The van der Waals surface area contributed by atoms with Gasteiger partial charge in [-0.15, -0.1) is 6.58 Å². The molecule has 4 rings (SSSR count). The molecule has 5 unspecified atom stereocenters. The van der Waals surface area contributed by atoms with Gasteiger partial charge in [-0.1, -0.05) is 24.3 Å². The van der Waals surface area contributed by atoms with Crippen LogP contribution in [0.15, 0.2) is 55.6 Å². The van der Waals surface area contributed by atoms with E-state index in [4.69, 9.17) is 23.6 Å². The Morgan fingerprint density at radius 2 is 2.11 bits per heavy atom. The minimum Gasteiger partial charge on any atom is -0.394 e. The van der Waals surface area contributed by atoms with Gasteiger partial charge in [0.15, 0.2) is 29.4 Å². The highest BCUT2D eigenvalue weighted by Crippen LogP contribution is 2.53. The molecular weight excluding hydrogens is 522 g/mol. The zero-order chi connectivity index (χ0) is 27.1. The number of hydrogen-bond donors (Lipinski definition) is 2. The average molecular weight is 546 g/mol. The number of carbonyl (C=O) groups excluding carboxylic acids is 1. The standard InChI is InChI=1S/C23H24FN6O7P/c1-2-10-34-38(33,35-11-6-9-25)37-19-16(12-31)36-23(17(19)24)30-14-28-18-20(26-13-27-21(18)30)29-22(32)15-7-4-3-5-8-15/h2-5,7-8,13-14,16-17,19,23,31H,1,6,10-12H2,(H,26,27,29,32). The van der Waals surface area contributed by atoms with E-state index in [2.05, 4.69) is 26.8 Å². The first kappa shape index (κ1) is 27.5. The molecular formula is C23H24FN6O7P. The largest absolute Gasteiger partial charge is 0.475 e. The smallest absolute Gasteiger partial charge is 0.394 e. The predicted octanol–water partition coefficient (Wildman–Crippen LogP) is 2.93. The molecule has 0 bridgehead atoms. The Hall–Kier alpha value is -3.57. The van der Waals surface area contributed by atoms with Crippen molar-refractivity contribution in [1.29, 1.82) is 5.26 Å². The first-order valence-electron chi connectivity index (χ1n) is 11.4. The van der Waals surface area contributed by atoms with Crippen LogP contribution < -0.4 is 5.32 Å². The molecule has 1 fully saturated rings. The van der Waals surface area contributed by atoms with Crippen LogP contribution in [0.5, 0.6) is 0 Å². The summed E-state index contributed by atoms with van der Waals surface area (Å²) in [6.45, 7) is 2.26. The number of aliphatic hydroxyl groups excluding tert-OH is 1. The minimum atomic E-state index is -4.36. The Kier molecular flexibility index (Phi) is 8.90. The molecule has 3 aromatic rings. The molecule has 2 N–H and O–H groups in total. The van der Waals surface area contributed by atoms with Crippen molar-refractivity contribution in [2.75, 3.05) is 25.1 Å². The van der Waals surface area contributed by atoms with E-state index < -0.39 is 44.9 Å². The molecule has 0 radical (unpaired) electrons. The second kappa shape index (κ2) is 12.3. The quantitative estimate of drug-likeness (QED) is 0.194. The summed E-state index contributed by atoms with van der Waals surface area (Å²) in [4.78, 5) is 25.0. The molecule has 5 atom stereocenters. The van der Waals surface area contributed by atoms with E-state index in [0.717, 1.165) is 0 Å². The summed E-state index contributed by atoms with van der Waals surface area (Å²) >= 11 is 0. The number of aliphatic hydroxyl groups is 1. The number of benzene rings is 1. The Balaban J connectivity index is 1.57. The first-order valence-corrected chi connectivity index (χ1v) is 12.9. The molecule has 15 heteroatoms. The number of rotatable bonds is 12. The second-order valence-electron chi connectivity index (χ2n) is 7.90. The predicted molar refractivity (Wildman–Crippen MR) is 130 cm³/mol. The molecule has 1 amide bonds. The van der Waals surface area contributed by atoms with Gasteiger partial charge < -0.3 is 15.2 Å². The third-order valence-corrected chi connectivity index (χ3v) is 6.88. The maximum absolute atomic E-state index is 15.7. The molecule has 1 saturated heterocycles. The number of phosphoric acid groups is 1. The molecule has 0 spiro atoms. The lowest BCUT2D eigenvalue weighted by molar-refractivity contribution is -0.0470. The molecule has 1 aromatic carbocycles. The molecule has 0 saturated carbocycles. The Bertz CT molecular complexity index is 1370. The molecule has 200 valence electrons. The zero-order valence-corrected chi connectivity index (χ0v) is 20.8. The molecule has 1 aliphatic heterocycles. The Morgan fingerprint density at radius 1 is 1.32 bits per heavy atom. The summed E-state index contributed by atoms with van der Waals surface area (Å²) in [5.74, 6) is -0.336. The van der Waals surface area contributed by atoms with E-state index in [-0.39, 0.29) is 36.6 Å². The van der Waals surface area contributed by atoms with E-state index >= 15 is 4.39 Å². The lowest BCUT2D eigenvalue weighted by Crippen LogP contribution is -2.33. The van der Waals surface area contributed by atoms with Crippen LogP contribution in [0.3, 0.4) is 0 Å². The Labute approximate surface area is 216 Å². The molecule has 2 aromatic heterocycles. The van der Waals surface area contributed by atoms with Gasteiger partial charge in [0, 0.05) is 5.56 Å². The topological polar surface area (TPSA) is 171 Å². The first-order chi connectivity index (χ1) is 18.4. The molecule has 13 nitrogen and oxygen atoms in total. The number of phosphoric ester groups is 1. The fourth-order valence-corrected chi connectivity index (χ4v) is 5.03. The van der Waals surface area contributed by atoms with Crippen molar-refractivity contribution in [2.24, 2.45) is 0 Å². The van der Waals surface area contributed by atoms with E-state index in [1.807, 2.05) is 6.07 Å². The highest BCUT2D eigenvalue weighted by molar-refractivity contribution is 7.48. The van der Waals surface area contributed by atoms with Crippen LogP contribution >= 0.6 is 7.82 Å². The third-order valence-electron chi connectivity index (χ3n) is 5.41. The molecule has 0 aliphatic carbocycles. The number of nitriles is 1. The number of amides is 1. The summed E-state index contributed by atoms with van der Waals surface area (Å²) in [5.41, 5.74) is 0.689. The van der Waals surface area contributed by atoms with Crippen molar-refractivity contribution in [3.8, 4) is 6.07 Å². The lowest BCUT2D eigenvalue weighted by atomic mass is 10.1. The van der Waals surface area contributed by atoms with Crippen molar-refractivity contribution >= 4 is 30.7 Å². The molecule has 38 heavy (non-hydrogen) atoms. The number of aromatic nitrogens is 4. The van der Waals surface area contributed by atoms with Crippen molar-refractivity contribution < 1.29 is 37.2 Å². The highest BCUT2D eigenvalue weighted by atomic mass is 31.2. The van der Waals surface area contributed by atoms with Crippen molar-refractivity contribution in [1.82, 2.24) is 19.5 Å². The van der Waals surface area contributed by atoms with Crippen LogP contribution in [0.1, 0.15) is 23.0 Å². The lowest BCUT2D eigenvalue weighted by Gasteiger charge is -2.24. The van der Waals surface area contributed by atoms with Gasteiger partial charge in [-0.05, 0) is 12.1 Å². The van der Waals surface area contributed by atoms with Crippen molar-refractivity contribution in [3.63, 3.8) is 0 Å². The number of hydrogen-bond acceptors (Lipinski definition) is 11. The Morgan fingerprint density at radius 3 is 2.82 bits per heavy atom. The monoisotopic (exact) mass is 546 g/mol. The van der Waals surface area contributed by atoms with E-state index in [1.54, 1.807) is 30.3 Å². The van der Waals surface area contributed by atoms with E-state index in [9.17, 15) is 14.5 Å². The van der Waals surface area contributed by atoms with Crippen LogP contribution in [0, 0.1) is 11.3 Å². The van der Waals surface area contributed by atoms with E-state index in [1.165, 1.54) is 23.3 Å². The third kappa shape index (κ3) is 5.94. The molecule has 3 heterocycles. The van der Waals surface area contributed by atoms with Gasteiger partial charge in [0.2, 0.25) is 0 Å². The number of nitrogens with zero attached hydrogens (tertiary/aromatic N) is 5. The van der Waals surface area contributed by atoms with Crippen LogP contribution in [0.2, 0.25) is 0 Å². The number of carbonyl (C=O) groups is 1. The van der Waals surface area contributed by atoms with Crippen LogP contribution in [0.4, 0.5) is 10.2 Å². The van der Waals surface area contributed by atoms with Crippen LogP contribution in [0.25, 0.3) is 11.2 Å². The van der Waals surface area contributed by atoms with Crippen molar-refractivity contribution in [3.05, 3.63) is 61.2 Å². The maximum atomic E-state index is 15.7. The minimum absolute atomic E-state index is 0.0933. The van der Waals surface area contributed by atoms with Gasteiger partial charge >= 0.3 is 7.82 Å². The number of alkyl halides is 1.